The molecule has 1 fully saturated rings. The van der Waals surface area contributed by atoms with Gasteiger partial charge in [-0.15, -0.1) is 0 Å². The molecule has 1 rings (SSSR count). The SMILES string of the molecule is CCCNC1CCC(C(C)CC)C1C. The van der Waals surface area contributed by atoms with Crippen LogP contribution in [0.3, 0.4) is 0 Å². The molecule has 0 bridgehead atoms. The maximum absolute atomic E-state index is 3.69. The minimum absolute atomic E-state index is 0.800. The number of rotatable bonds is 5. The molecule has 0 heterocycles. The van der Waals surface area contributed by atoms with Gasteiger partial charge in [-0.2, -0.15) is 0 Å². The van der Waals surface area contributed by atoms with Gasteiger partial charge in [-0.1, -0.05) is 34.1 Å². The molecule has 1 saturated carbocycles. The van der Waals surface area contributed by atoms with Gasteiger partial charge in [0.2, 0.25) is 0 Å². The summed E-state index contributed by atoms with van der Waals surface area (Å²) in [6, 6.07) is 0.800. The molecule has 0 radical (unpaired) electrons. The van der Waals surface area contributed by atoms with Gasteiger partial charge >= 0.3 is 0 Å². The van der Waals surface area contributed by atoms with Crippen LogP contribution in [0.4, 0.5) is 0 Å². The van der Waals surface area contributed by atoms with Gasteiger partial charge in [0.05, 0.1) is 0 Å². The first-order valence-electron chi connectivity index (χ1n) is 6.44. The number of hydrogen-bond donors (Lipinski definition) is 1. The van der Waals surface area contributed by atoms with Crippen molar-refractivity contribution in [2.75, 3.05) is 6.54 Å². The lowest BCUT2D eigenvalue weighted by Gasteiger charge is -2.25. The van der Waals surface area contributed by atoms with Gasteiger partial charge in [0.1, 0.15) is 0 Å². The fourth-order valence-electron chi connectivity index (χ4n) is 2.92. The average Bonchev–Trinajstić information content (AvgIpc) is 2.56. The van der Waals surface area contributed by atoms with E-state index in [9.17, 15) is 0 Å². The third-order valence-corrected chi connectivity index (χ3v) is 4.15. The van der Waals surface area contributed by atoms with Gasteiger partial charge in [0, 0.05) is 6.04 Å². The van der Waals surface area contributed by atoms with E-state index in [-0.39, 0.29) is 0 Å². The molecule has 4 atom stereocenters. The van der Waals surface area contributed by atoms with Gasteiger partial charge in [-0.3, -0.25) is 0 Å². The summed E-state index contributed by atoms with van der Waals surface area (Å²) in [5.41, 5.74) is 0. The summed E-state index contributed by atoms with van der Waals surface area (Å²) in [6.45, 7) is 10.6. The van der Waals surface area contributed by atoms with Crippen molar-refractivity contribution in [3.05, 3.63) is 0 Å². The van der Waals surface area contributed by atoms with Gasteiger partial charge in [-0.05, 0) is 43.6 Å². The molecule has 0 aromatic rings. The maximum atomic E-state index is 3.69. The Kier molecular flexibility index (Phi) is 4.94. The molecule has 0 spiro atoms. The highest BCUT2D eigenvalue weighted by Gasteiger charge is 2.34. The van der Waals surface area contributed by atoms with Crippen LogP contribution in [0.1, 0.15) is 53.4 Å². The summed E-state index contributed by atoms with van der Waals surface area (Å²) in [5, 5.41) is 3.69. The number of hydrogen-bond acceptors (Lipinski definition) is 1. The highest BCUT2D eigenvalue weighted by molar-refractivity contribution is 4.88. The van der Waals surface area contributed by atoms with Crippen LogP contribution in [0.15, 0.2) is 0 Å². The van der Waals surface area contributed by atoms with E-state index < -0.39 is 0 Å². The van der Waals surface area contributed by atoms with Crippen molar-refractivity contribution < 1.29 is 0 Å². The highest BCUT2D eigenvalue weighted by Crippen LogP contribution is 2.37. The minimum Gasteiger partial charge on any atom is -0.314 e. The maximum Gasteiger partial charge on any atom is 0.00955 e. The summed E-state index contributed by atoms with van der Waals surface area (Å²) in [6.07, 6.45) is 5.44. The van der Waals surface area contributed by atoms with Crippen LogP contribution in [-0.4, -0.2) is 12.6 Å². The third kappa shape index (κ3) is 2.73. The second-order valence-electron chi connectivity index (χ2n) is 5.05. The van der Waals surface area contributed by atoms with Crippen LogP contribution in [0.25, 0.3) is 0 Å². The lowest BCUT2D eigenvalue weighted by molar-refractivity contribution is 0.263. The first kappa shape index (κ1) is 12.0. The Morgan fingerprint density at radius 3 is 2.57 bits per heavy atom. The van der Waals surface area contributed by atoms with Gasteiger partial charge < -0.3 is 5.32 Å². The number of nitrogens with one attached hydrogen (secondary N) is 1. The van der Waals surface area contributed by atoms with Crippen molar-refractivity contribution in [2.24, 2.45) is 17.8 Å². The van der Waals surface area contributed by atoms with Crippen LogP contribution in [0.2, 0.25) is 0 Å². The molecule has 0 aromatic heterocycles. The Hall–Kier alpha value is -0.0400. The molecule has 1 heteroatoms. The van der Waals surface area contributed by atoms with E-state index in [0.29, 0.717) is 0 Å². The Balaban J connectivity index is 2.38. The van der Waals surface area contributed by atoms with Crippen LogP contribution < -0.4 is 5.32 Å². The molecule has 0 amide bonds. The highest BCUT2D eigenvalue weighted by atomic mass is 14.9. The van der Waals surface area contributed by atoms with E-state index in [1.54, 1.807) is 0 Å². The van der Waals surface area contributed by atoms with E-state index in [4.69, 9.17) is 0 Å². The third-order valence-electron chi connectivity index (χ3n) is 4.15. The predicted octanol–water partition coefficient (Wildman–Crippen LogP) is 3.45. The molecule has 1 nitrogen and oxygen atoms in total. The summed E-state index contributed by atoms with van der Waals surface area (Å²) >= 11 is 0. The fourth-order valence-corrected chi connectivity index (χ4v) is 2.92. The van der Waals surface area contributed by atoms with Crippen molar-refractivity contribution >= 4 is 0 Å². The molecule has 84 valence electrons. The van der Waals surface area contributed by atoms with E-state index in [1.807, 2.05) is 0 Å². The Morgan fingerprint density at radius 1 is 1.29 bits per heavy atom. The van der Waals surface area contributed by atoms with Crippen molar-refractivity contribution in [3.63, 3.8) is 0 Å². The van der Waals surface area contributed by atoms with E-state index >= 15 is 0 Å². The zero-order chi connectivity index (χ0) is 10.6. The van der Waals surface area contributed by atoms with Crippen LogP contribution in [0, 0.1) is 17.8 Å². The molecule has 0 aliphatic heterocycles. The Bertz CT molecular complexity index is 155. The molecule has 0 aromatic carbocycles. The van der Waals surface area contributed by atoms with Gasteiger partial charge in [-0.25, -0.2) is 0 Å². The monoisotopic (exact) mass is 197 g/mol. The normalized spacial score (nSPS) is 34.7. The molecule has 14 heavy (non-hydrogen) atoms. The Morgan fingerprint density at radius 2 is 2.00 bits per heavy atom. The summed E-state index contributed by atoms with van der Waals surface area (Å²) in [7, 11) is 0. The molecular weight excluding hydrogens is 170 g/mol. The fraction of sp³-hybridized carbons (Fsp3) is 1.00. The zero-order valence-corrected chi connectivity index (χ0v) is 10.3. The van der Waals surface area contributed by atoms with Crippen molar-refractivity contribution in [1.82, 2.24) is 5.32 Å². The van der Waals surface area contributed by atoms with Crippen molar-refractivity contribution in [2.45, 2.75) is 59.4 Å². The van der Waals surface area contributed by atoms with Crippen LogP contribution >= 0.6 is 0 Å². The van der Waals surface area contributed by atoms with E-state index in [2.05, 4.69) is 33.0 Å². The second kappa shape index (κ2) is 5.75. The first-order valence-corrected chi connectivity index (χ1v) is 6.44. The van der Waals surface area contributed by atoms with Crippen LogP contribution in [0.5, 0.6) is 0 Å². The molecule has 1 aliphatic rings. The van der Waals surface area contributed by atoms with Crippen LogP contribution in [-0.2, 0) is 0 Å². The van der Waals surface area contributed by atoms with E-state index in [1.165, 1.54) is 32.2 Å². The summed E-state index contributed by atoms with van der Waals surface area (Å²) < 4.78 is 0. The summed E-state index contributed by atoms with van der Waals surface area (Å²) in [4.78, 5) is 0. The lowest BCUT2D eigenvalue weighted by atomic mass is 9.83. The largest absolute Gasteiger partial charge is 0.314 e. The molecular formula is C13H27N. The van der Waals surface area contributed by atoms with Crippen molar-refractivity contribution in [1.29, 1.82) is 0 Å². The molecule has 1 N–H and O–H groups in total. The van der Waals surface area contributed by atoms with E-state index in [0.717, 1.165) is 23.8 Å². The second-order valence-corrected chi connectivity index (χ2v) is 5.05. The van der Waals surface area contributed by atoms with Gasteiger partial charge in [0.15, 0.2) is 0 Å². The smallest absolute Gasteiger partial charge is 0.00955 e. The average molecular weight is 197 g/mol. The quantitative estimate of drug-likeness (QED) is 0.712. The minimum atomic E-state index is 0.800. The zero-order valence-electron chi connectivity index (χ0n) is 10.3. The first-order chi connectivity index (χ1) is 6.70. The van der Waals surface area contributed by atoms with Gasteiger partial charge in [0.25, 0.3) is 0 Å². The van der Waals surface area contributed by atoms with Crippen molar-refractivity contribution in [3.8, 4) is 0 Å². The molecule has 0 saturated heterocycles. The molecule has 1 aliphatic carbocycles. The topological polar surface area (TPSA) is 12.0 Å². The summed E-state index contributed by atoms with van der Waals surface area (Å²) in [5.74, 6) is 2.77. The Labute approximate surface area is 89.7 Å². The lowest BCUT2D eigenvalue weighted by Crippen LogP contribution is -2.34. The predicted molar refractivity (Wildman–Crippen MR) is 63.4 cm³/mol. The molecule has 4 unspecified atom stereocenters. The standard InChI is InChI=1S/C13H27N/c1-5-9-14-13-8-7-12(11(13)4)10(3)6-2/h10-14H,5-9H2,1-4H3.